The van der Waals surface area contributed by atoms with E-state index in [0.717, 1.165) is 30.3 Å². The largest absolute Gasteiger partial charge is 0.347 e. The van der Waals surface area contributed by atoms with Gasteiger partial charge in [-0.3, -0.25) is 4.79 Å². The summed E-state index contributed by atoms with van der Waals surface area (Å²) in [7, 11) is 2.36. The Kier molecular flexibility index (Phi) is 8.68. The van der Waals surface area contributed by atoms with Crippen molar-refractivity contribution in [3.8, 4) is 0 Å². The number of amides is 1. The molecular weight excluding hydrogens is 462 g/mol. The highest BCUT2D eigenvalue weighted by Gasteiger charge is 2.28. The van der Waals surface area contributed by atoms with E-state index in [9.17, 15) is 4.79 Å². The van der Waals surface area contributed by atoms with Gasteiger partial charge < -0.3 is 25.1 Å². The third kappa shape index (κ3) is 6.87. The van der Waals surface area contributed by atoms with Crippen molar-refractivity contribution >= 4 is 5.91 Å². The van der Waals surface area contributed by atoms with Crippen molar-refractivity contribution in [3.63, 3.8) is 0 Å². The number of nitrogens with one attached hydrogen (secondary N) is 3. The first-order chi connectivity index (χ1) is 18.2. The second-order valence-electron chi connectivity index (χ2n) is 10.8. The maximum atomic E-state index is 13.3. The molecule has 3 aromatic rings. The minimum atomic E-state index is -0.0345. The Morgan fingerprint density at radius 2 is 1.46 bits per heavy atom. The van der Waals surface area contributed by atoms with Crippen molar-refractivity contribution in [2.24, 2.45) is 0 Å². The van der Waals surface area contributed by atoms with E-state index in [2.05, 4.69) is 49.3 Å². The number of nitrogens with zero attached hydrogens (tertiary/aromatic N) is 4. The molecule has 37 heavy (non-hydrogen) atoms. The average molecular weight is 504 g/mol. The predicted molar refractivity (Wildman–Crippen MR) is 145 cm³/mol. The van der Waals surface area contributed by atoms with Crippen LogP contribution in [0.15, 0.2) is 49.1 Å². The van der Waals surface area contributed by atoms with Gasteiger partial charge in [-0.2, -0.15) is 0 Å². The number of aromatic nitrogens is 4. The van der Waals surface area contributed by atoms with Gasteiger partial charge in [0.1, 0.15) is 11.6 Å². The number of benzene rings is 1. The van der Waals surface area contributed by atoms with E-state index in [-0.39, 0.29) is 5.91 Å². The molecule has 0 saturated heterocycles. The van der Waals surface area contributed by atoms with Gasteiger partial charge in [0.05, 0.1) is 13.1 Å². The lowest BCUT2D eigenvalue weighted by molar-refractivity contribution is 0.0721. The number of carbonyl (C=O) groups is 1. The highest BCUT2D eigenvalue weighted by molar-refractivity contribution is 5.94. The van der Waals surface area contributed by atoms with Crippen molar-refractivity contribution < 1.29 is 4.79 Å². The van der Waals surface area contributed by atoms with Gasteiger partial charge in [0.15, 0.2) is 0 Å². The molecule has 0 radical (unpaired) electrons. The first kappa shape index (κ1) is 25.7. The summed E-state index contributed by atoms with van der Waals surface area (Å²) >= 11 is 0. The van der Waals surface area contributed by atoms with Crippen LogP contribution in [0.25, 0.3) is 0 Å². The van der Waals surface area contributed by atoms with Crippen molar-refractivity contribution in [2.75, 3.05) is 7.05 Å². The molecule has 2 aliphatic carbocycles. The first-order valence-electron chi connectivity index (χ1n) is 14.0. The summed E-state index contributed by atoms with van der Waals surface area (Å²) in [4.78, 5) is 32.6. The molecule has 2 heterocycles. The Bertz CT molecular complexity index is 1030. The van der Waals surface area contributed by atoms with Crippen LogP contribution in [0.4, 0.5) is 0 Å². The molecule has 2 aromatic heterocycles. The van der Waals surface area contributed by atoms with Crippen LogP contribution < -0.4 is 5.32 Å². The Labute approximate surface area is 220 Å². The molecule has 8 heteroatoms. The van der Waals surface area contributed by atoms with Crippen LogP contribution in [-0.2, 0) is 19.6 Å². The molecule has 0 aliphatic heterocycles. The van der Waals surface area contributed by atoms with Gasteiger partial charge in [0.25, 0.3) is 5.91 Å². The molecule has 0 spiro atoms. The van der Waals surface area contributed by atoms with Crippen LogP contribution in [0.5, 0.6) is 0 Å². The van der Waals surface area contributed by atoms with Crippen molar-refractivity contribution in [1.82, 2.24) is 35.1 Å². The van der Waals surface area contributed by atoms with E-state index in [1.165, 1.54) is 63.4 Å². The highest BCUT2D eigenvalue weighted by Crippen LogP contribution is 2.29. The average Bonchev–Trinajstić information content (AvgIpc) is 3.67. The molecule has 0 atom stereocenters. The quantitative estimate of drug-likeness (QED) is 0.375. The fourth-order valence-electron chi connectivity index (χ4n) is 6.01. The lowest BCUT2D eigenvalue weighted by Gasteiger charge is -2.40. The molecule has 3 N–H and O–H groups in total. The zero-order valence-corrected chi connectivity index (χ0v) is 22.0. The number of aromatic amines is 2. The number of H-pyrrole nitrogens is 2. The van der Waals surface area contributed by atoms with Gasteiger partial charge in [-0.25, -0.2) is 9.97 Å². The topological polar surface area (TPSA) is 92.9 Å². The van der Waals surface area contributed by atoms with Crippen LogP contribution in [-0.4, -0.2) is 60.8 Å². The first-order valence-corrected chi connectivity index (χ1v) is 14.0. The summed E-state index contributed by atoms with van der Waals surface area (Å²) < 4.78 is 0. The summed E-state index contributed by atoms with van der Waals surface area (Å²) in [5.41, 5.74) is 1.88. The Morgan fingerprint density at radius 3 is 2.03 bits per heavy atom. The van der Waals surface area contributed by atoms with Crippen LogP contribution in [0, 0.1) is 0 Å². The standard InChI is InChI=1S/C29H41N7O/c1-35(25-5-3-2-4-6-25)26-13-11-24(12-14-26)34-19-22-7-9-23(10-8-22)29(37)36(20-27-30-15-16-31-27)21-28-32-17-18-33-28/h7-10,15-18,24-26,34H,2-6,11-14,19-21H2,1H3,(H,30,31)(H,32,33)/t24-,26-. The number of rotatable bonds is 10. The van der Waals surface area contributed by atoms with Crippen LogP contribution >= 0.6 is 0 Å². The zero-order valence-electron chi connectivity index (χ0n) is 22.0. The molecule has 2 saturated carbocycles. The SMILES string of the molecule is CN(C1CCCCC1)[C@H]1CC[C@H](NCc2ccc(C(=O)N(Cc3ncc[nH]3)Cc3ncc[nH]3)cc2)CC1. The molecule has 198 valence electrons. The van der Waals surface area contributed by atoms with Gasteiger partial charge >= 0.3 is 0 Å². The smallest absolute Gasteiger partial charge is 0.254 e. The molecular formula is C29H41N7O. The van der Waals surface area contributed by atoms with Crippen LogP contribution in [0.1, 0.15) is 85.4 Å². The highest BCUT2D eigenvalue weighted by atomic mass is 16.2. The number of hydrogen-bond donors (Lipinski definition) is 3. The van der Waals surface area contributed by atoms with Crippen molar-refractivity contribution in [1.29, 1.82) is 0 Å². The lowest BCUT2D eigenvalue weighted by atomic mass is 9.87. The summed E-state index contributed by atoms with van der Waals surface area (Å²) in [6.45, 7) is 1.63. The minimum absolute atomic E-state index is 0.0345. The third-order valence-corrected chi connectivity index (χ3v) is 8.30. The Morgan fingerprint density at radius 1 is 0.865 bits per heavy atom. The van der Waals surface area contributed by atoms with E-state index in [4.69, 9.17) is 0 Å². The molecule has 5 rings (SSSR count). The van der Waals surface area contributed by atoms with Gasteiger partial charge in [-0.05, 0) is 63.3 Å². The monoisotopic (exact) mass is 503 g/mol. The maximum Gasteiger partial charge on any atom is 0.254 e. The van der Waals surface area contributed by atoms with E-state index in [1.807, 2.05) is 12.1 Å². The zero-order chi connectivity index (χ0) is 25.5. The van der Waals surface area contributed by atoms with Crippen molar-refractivity contribution in [3.05, 3.63) is 71.8 Å². The Balaban J connectivity index is 1.11. The normalized spacial score (nSPS) is 20.8. The van der Waals surface area contributed by atoms with Crippen molar-refractivity contribution in [2.45, 2.75) is 95.5 Å². The van der Waals surface area contributed by atoms with Gasteiger partial charge in [-0.15, -0.1) is 0 Å². The number of carbonyl (C=O) groups excluding carboxylic acids is 1. The fourth-order valence-corrected chi connectivity index (χ4v) is 6.01. The summed E-state index contributed by atoms with van der Waals surface area (Å²) in [6, 6.07) is 10.1. The fraction of sp³-hybridized carbons (Fsp3) is 0.552. The molecule has 2 fully saturated rings. The van der Waals surface area contributed by atoms with E-state index >= 15 is 0 Å². The van der Waals surface area contributed by atoms with Gasteiger partial charge in [-0.1, -0.05) is 31.4 Å². The third-order valence-electron chi connectivity index (χ3n) is 8.30. The van der Waals surface area contributed by atoms with Crippen LogP contribution in [0.3, 0.4) is 0 Å². The molecule has 8 nitrogen and oxygen atoms in total. The van der Waals surface area contributed by atoms with E-state index in [1.54, 1.807) is 29.7 Å². The summed E-state index contributed by atoms with van der Waals surface area (Å²) in [5, 5.41) is 3.77. The molecule has 0 unspecified atom stereocenters. The summed E-state index contributed by atoms with van der Waals surface area (Å²) in [5.74, 6) is 1.47. The minimum Gasteiger partial charge on any atom is -0.347 e. The Hall–Kier alpha value is -2.97. The molecule has 0 bridgehead atoms. The maximum absolute atomic E-state index is 13.3. The predicted octanol–water partition coefficient (Wildman–Crippen LogP) is 4.64. The molecule has 1 aromatic carbocycles. The van der Waals surface area contributed by atoms with Gasteiger partial charge in [0, 0.05) is 55.0 Å². The van der Waals surface area contributed by atoms with E-state index < -0.39 is 0 Å². The van der Waals surface area contributed by atoms with Gasteiger partial charge in [0.2, 0.25) is 0 Å². The summed E-state index contributed by atoms with van der Waals surface area (Å²) in [6.07, 6.45) is 19.0. The second kappa shape index (κ2) is 12.5. The molecule has 2 aliphatic rings. The lowest BCUT2D eigenvalue weighted by Crippen LogP contribution is -2.45. The van der Waals surface area contributed by atoms with E-state index in [0.29, 0.717) is 24.7 Å². The number of imidazole rings is 2. The molecule has 1 amide bonds. The number of hydrogen-bond acceptors (Lipinski definition) is 5. The second-order valence-corrected chi connectivity index (χ2v) is 10.8. The van der Waals surface area contributed by atoms with Crippen LogP contribution in [0.2, 0.25) is 0 Å².